The molecule has 0 saturated heterocycles. The van der Waals surface area contributed by atoms with Gasteiger partial charge in [0.2, 0.25) is 5.91 Å². The molecule has 2 atom stereocenters. The van der Waals surface area contributed by atoms with Crippen LogP contribution in [-0.2, 0) is 4.79 Å². The van der Waals surface area contributed by atoms with Gasteiger partial charge in [-0.05, 0) is 19.8 Å². The van der Waals surface area contributed by atoms with Crippen molar-refractivity contribution in [2.24, 2.45) is 5.73 Å². The maximum Gasteiger partial charge on any atom is 0.236 e. The molecule has 1 amide bonds. The van der Waals surface area contributed by atoms with Crippen LogP contribution in [0.3, 0.4) is 0 Å². The molecule has 14 heavy (non-hydrogen) atoms. The van der Waals surface area contributed by atoms with Crippen LogP contribution in [0.5, 0.6) is 0 Å². The van der Waals surface area contributed by atoms with E-state index in [-0.39, 0.29) is 12.0 Å². The smallest absolute Gasteiger partial charge is 0.236 e. The summed E-state index contributed by atoms with van der Waals surface area (Å²) in [6.07, 6.45) is 2.96. The van der Waals surface area contributed by atoms with E-state index in [1.165, 1.54) is 0 Å². The van der Waals surface area contributed by atoms with Gasteiger partial charge in [0.1, 0.15) is 0 Å². The van der Waals surface area contributed by atoms with Gasteiger partial charge in [0.25, 0.3) is 0 Å². The maximum absolute atomic E-state index is 11.3. The Labute approximate surface area is 85.9 Å². The third-order valence-electron chi connectivity index (χ3n) is 2.07. The predicted molar refractivity (Wildman–Crippen MR) is 56.8 cm³/mol. The normalized spacial score (nSPS) is 14.9. The van der Waals surface area contributed by atoms with Crippen LogP contribution in [0.4, 0.5) is 0 Å². The summed E-state index contributed by atoms with van der Waals surface area (Å²) in [6, 6.07) is -0.399. The first-order valence-corrected chi connectivity index (χ1v) is 5.29. The Morgan fingerprint density at radius 2 is 2.14 bits per heavy atom. The van der Waals surface area contributed by atoms with E-state index in [1.54, 1.807) is 6.92 Å². The van der Waals surface area contributed by atoms with Gasteiger partial charge >= 0.3 is 0 Å². The zero-order chi connectivity index (χ0) is 11.0. The second kappa shape index (κ2) is 7.76. The zero-order valence-electron chi connectivity index (χ0n) is 9.12. The number of aliphatic hydroxyl groups is 1. The molecule has 0 aliphatic rings. The van der Waals surface area contributed by atoms with Gasteiger partial charge in [0.15, 0.2) is 0 Å². The first-order chi connectivity index (χ1) is 6.57. The van der Waals surface area contributed by atoms with Crippen molar-refractivity contribution in [2.45, 2.75) is 51.7 Å². The molecule has 4 N–H and O–H groups in total. The van der Waals surface area contributed by atoms with Gasteiger partial charge in [-0.3, -0.25) is 4.79 Å². The largest absolute Gasteiger partial charge is 0.393 e. The highest BCUT2D eigenvalue weighted by Crippen LogP contribution is 1.98. The number of nitrogens with one attached hydrogen (secondary N) is 1. The number of unbranched alkanes of at least 4 members (excludes halogenated alkanes) is 1. The van der Waals surface area contributed by atoms with Gasteiger partial charge in [-0.1, -0.05) is 19.8 Å². The van der Waals surface area contributed by atoms with Crippen LogP contribution in [0.15, 0.2) is 0 Å². The summed E-state index contributed by atoms with van der Waals surface area (Å²) in [5, 5.41) is 11.7. The van der Waals surface area contributed by atoms with Crippen molar-refractivity contribution in [1.29, 1.82) is 0 Å². The van der Waals surface area contributed by atoms with E-state index in [1.807, 2.05) is 0 Å². The minimum absolute atomic E-state index is 0.112. The standard InChI is InChI=1S/C10H22N2O2/c1-3-4-5-9(11)10(14)12-7-6-8(2)13/h8-9,13H,3-7,11H2,1-2H3,(H,12,14)/t8?,9-/m0/s1. The number of carbonyl (C=O) groups excluding carboxylic acids is 1. The van der Waals surface area contributed by atoms with E-state index in [2.05, 4.69) is 12.2 Å². The average molecular weight is 202 g/mol. The minimum atomic E-state index is -0.399. The van der Waals surface area contributed by atoms with E-state index < -0.39 is 6.04 Å². The lowest BCUT2D eigenvalue weighted by Gasteiger charge is -2.12. The van der Waals surface area contributed by atoms with Gasteiger partial charge in [0, 0.05) is 6.54 Å². The molecule has 0 aliphatic heterocycles. The van der Waals surface area contributed by atoms with E-state index in [0.717, 1.165) is 19.3 Å². The van der Waals surface area contributed by atoms with Crippen LogP contribution < -0.4 is 11.1 Å². The Balaban J connectivity index is 3.52. The van der Waals surface area contributed by atoms with Crippen LogP contribution in [0.25, 0.3) is 0 Å². The van der Waals surface area contributed by atoms with Crippen molar-refractivity contribution < 1.29 is 9.90 Å². The van der Waals surface area contributed by atoms with Gasteiger partial charge in [-0.2, -0.15) is 0 Å². The Hall–Kier alpha value is -0.610. The molecule has 0 spiro atoms. The van der Waals surface area contributed by atoms with Crippen molar-refractivity contribution in [1.82, 2.24) is 5.32 Å². The van der Waals surface area contributed by atoms with Crippen LogP contribution in [0.2, 0.25) is 0 Å². The molecule has 84 valence electrons. The molecule has 0 aromatic heterocycles. The van der Waals surface area contributed by atoms with E-state index in [0.29, 0.717) is 13.0 Å². The molecule has 0 aromatic rings. The topological polar surface area (TPSA) is 75.4 Å². The number of amides is 1. The molecule has 0 bridgehead atoms. The summed E-state index contributed by atoms with van der Waals surface area (Å²) in [4.78, 5) is 11.3. The zero-order valence-corrected chi connectivity index (χ0v) is 9.12. The SMILES string of the molecule is CCCC[C@H](N)C(=O)NCCC(C)O. The number of hydrogen-bond acceptors (Lipinski definition) is 3. The summed E-state index contributed by atoms with van der Waals surface area (Å²) >= 11 is 0. The predicted octanol–water partition coefficient (Wildman–Crippen LogP) is 0.391. The summed E-state index contributed by atoms with van der Waals surface area (Å²) in [7, 11) is 0. The lowest BCUT2D eigenvalue weighted by Crippen LogP contribution is -2.41. The molecular formula is C10H22N2O2. The molecule has 1 unspecified atom stereocenters. The Bertz CT molecular complexity index is 160. The lowest BCUT2D eigenvalue weighted by molar-refractivity contribution is -0.122. The highest BCUT2D eigenvalue weighted by Gasteiger charge is 2.11. The number of rotatable bonds is 7. The fraction of sp³-hybridized carbons (Fsp3) is 0.900. The molecule has 0 saturated carbocycles. The maximum atomic E-state index is 11.3. The average Bonchev–Trinajstić information content (AvgIpc) is 2.13. The van der Waals surface area contributed by atoms with Gasteiger partial charge in [0.05, 0.1) is 12.1 Å². The van der Waals surface area contributed by atoms with Crippen LogP contribution >= 0.6 is 0 Å². The summed E-state index contributed by atoms with van der Waals surface area (Å²) in [5.74, 6) is -0.112. The van der Waals surface area contributed by atoms with Gasteiger partial charge < -0.3 is 16.2 Å². The molecule has 0 heterocycles. The lowest BCUT2D eigenvalue weighted by atomic mass is 10.1. The van der Waals surface area contributed by atoms with E-state index in [9.17, 15) is 4.79 Å². The number of hydrogen-bond donors (Lipinski definition) is 3. The van der Waals surface area contributed by atoms with Crippen LogP contribution in [0.1, 0.15) is 39.5 Å². The molecule has 4 nitrogen and oxygen atoms in total. The molecular weight excluding hydrogens is 180 g/mol. The number of aliphatic hydroxyl groups excluding tert-OH is 1. The van der Waals surface area contributed by atoms with Crippen molar-refractivity contribution in [3.63, 3.8) is 0 Å². The monoisotopic (exact) mass is 202 g/mol. The number of carbonyl (C=O) groups is 1. The second-order valence-electron chi connectivity index (χ2n) is 3.68. The summed E-state index contributed by atoms with van der Waals surface area (Å²) < 4.78 is 0. The first-order valence-electron chi connectivity index (χ1n) is 5.29. The van der Waals surface area contributed by atoms with E-state index >= 15 is 0 Å². The fourth-order valence-electron chi connectivity index (χ4n) is 1.09. The Morgan fingerprint density at radius 3 is 2.64 bits per heavy atom. The third-order valence-corrected chi connectivity index (χ3v) is 2.07. The Kier molecular flexibility index (Phi) is 7.42. The minimum Gasteiger partial charge on any atom is -0.393 e. The highest BCUT2D eigenvalue weighted by atomic mass is 16.3. The van der Waals surface area contributed by atoms with E-state index in [4.69, 9.17) is 10.8 Å². The molecule has 0 radical (unpaired) electrons. The quantitative estimate of drug-likeness (QED) is 0.559. The molecule has 0 aromatic carbocycles. The highest BCUT2D eigenvalue weighted by molar-refractivity contribution is 5.81. The fourth-order valence-corrected chi connectivity index (χ4v) is 1.09. The van der Waals surface area contributed by atoms with Crippen molar-refractivity contribution in [3.05, 3.63) is 0 Å². The van der Waals surface area contributed by atoms with Crippen LogP contribution in [-0.4, -0.2) is 29.7 Å². The van der Waals surface area contributed by atoms with Crippen molar-refractivity contribution >= 4 is 5.91 Å². The first kappa shape index (κ1) is 13.4. The Morgan fingerprint density at radius 1 is 1.50 bits per heavy atom. The second-order valence-corrected chi connectivity index (χ2v) is 3.68. The van der Waals surface area contributed by atoms with Gasteiger partial charge in [-0.25, -0.2) is 0 Å². The van der Waals surface area contributed by atoms with Crippen molar-refractivity contribution in [2.75, 3.05) is 6.54 Å². The molecule has 0 rings (SSSR count). The molecule has 4 heteroatoms. The third kappa shape index (κ3) is 6.86. The summed E-state index contributed by atoms with van der Waals surface area (Å²) in [6.45, 7) is 4.26. The number of nitrogens with two attached hydrogens (primary N) is 1. The van der Waals surface area contributed by atoms with Crippen molar-refractivity contribution in [3.8, 4) is 0 Å². The van der Waals surface area contributed by atoms with Crippen LogP contribution in [0, 0.1) is 0 Å². The molecule has 0 aliphatic carbocycles. The molecule has 0 fully saturated rings. The van der Waals surface area contributed by atoms with Gasteiger partial charge in [-0.15, -0.1) is 0 Å². The summed E-state index contributed by atoms with van der Waals surface area (Å²) in [5.41, 5.74) is 5.65.